The number of hydrogen-bond donors (Lipinski definition) is 1. The Labute approximate surface area is 66.0 Å². The van der Waals surface area contributed by atoms with Gasteiger partial charge in [0.15, 0.2) is 0 Å². The number of aliphatic hydroxyl groups is 1. The van der Waals surface area contributed by atoms with Gasteiger partial charge in [-0.2, -0.15) is 0 Å². The van der Waals surface area contributed by atoms with E-state index in [0.717, 1.165) is 0 Å². The van der Waals surface area contributed by atoms with Crippen LogP contribution < -0.4 is 0 Å². The summed E-state index contributed by atoms with van der Waals surface area (Å²) in [7, 11) is 0. The van der Waals surface area contributed by atoms with E-state index in [2.05, 4.69) is 0 Å². The van der Waals surface area contributed by atoms with Crippen molar-refractivity contribution in [2.75, 3.05) is 0 Å². The van der Waals surface area contributed by atoms with Crippen LogP contribution in [0.4, 0.5) is 0 Å². The highest BCUT2D eigenvalue weighted by Gasteiger charge is 2.18. The van der Waals surface area contributed by atoms with E-state index in [4.69, 9.17) is 28.3 Å². The number of halogens is 2. The molecule has 0 bridgehead atoms. The molecule has 0 spiro atoms. The Bertz CT molecular complexity index is 75.5. The third-order valence-electron chi connectivity index (χ3n) is 1.22. The van der Waals surface area contributed by atoms with Gasteiger partial charge in [0.25, 0.3) is 0 Å². The van der Waals surface area contributed by atoms with Gasteiger partial charge in [-0.05, 0) is 13.3 Å². The molecule has 0 fully saturated rings. The lowest BCUT2D eigenvalue weighted by Gasteiger charge is -2.16. The maximum atomic E-state index is 9.08. The first kappa shape index (κ1) is 9.54. The van der Waals surface area contributed by atoms with Crippen molar-refractivity contribution in [1.82, 2.24) is 0 Å². The largest absolute Gasteiger partial charge is 0.392 e. The van der Waals surface area contributed by atoms with Crippen molar-refractivity contribution in [3.05, 3.63) is 0 Å². The van der Waals surface area contributed by atoms with Gasteiger partial charge in [-0.3, -0.25) is 0 Å². The van der Waals surface area contributed by atoms with Crippen LogP contribution in [0.2, 0.25) is 0 Å². The molecule has 3 heteroatoms. The maximum absolute atomic E-state index is 9.08. The average molecular weight is 171 g/mol. The number of alkyl halides is 2. The summed E-state index contributed by atoms with van der Waals surface area (Å²) in [5, 5.41) is 8.59. The van der Waals surface area contributed by atoms with E-state index in [9.17, 15) is 0 Å². The first-order chi connectivity index (χ1) is 4.09. The predicted octanol–water partition coefficient (Wildman–Crippen LogP) is 1.99. The Hall–Kier alpha value is 0.540. The molecule has 0 aliphatic heterocycles. The van der Waals surface area contributed by atoms with Crippen molar-refractivity contribution in [3.8, 4) is 0 Å². The SMILES string of the molecule is CCC(O)C(Cl)C(C)Cl. The van der Waals surface area contributed by atoms with Gasteiger partial charge in [0.05, 0.1) is 11.5 Å². The van der Waals surface area contributed by atoms with Gasteiger partial charge >= 0.3 is 0 Å². The van der Waals surface area contributed by atoms with Gasteiger partial charge in [-0.25, -0.2) is 0 Å². The van der Waals surface area contributed by atoms with Gasteiger partial charge in [-0.15, -0.1) is 23.2 Å². The van der Waals surface area contributed by atoms with Crippen LogP contribution in [-0.4, -0.2) is 22.0 Å². The first-order valence-electron chi connectivity index (χ1n) is 3.05. The van der Waals surface area contributed by atoms with Crippen molar-refractivity contribution in [2.45, 2.75) is 37.1 Å². The Morgan fingerprint density at radius 3 is 2.00 bits per heavy atom. The molecule has 0 aliphatic carbocycles. The topological polar surface area (TPSA) is 20.2 Å². The van der Waals surface area contributed by atoms with E-state index in [-0.39, 0.29) is 10.8 Å². The van der Waals surface area contributed by atoms with Crippen LogP contribution >= 0.6 is 23.2 Å². The molecule has 3 unspecified atom stereocenters. The zero-order valence-corrected chi connectivity index (χ0v) is 7.15. The van der Waals surface area contributed by atoms with Crippen molar-refractivity contribution < 1.29 is 5.11 Å². The first-order valence-corrected chi connectivity index (χ1v) is 3.93. The molecule has 0 rings (SSSR count). The highest BCUT2D eigenvalue weighted by atomic mass is 35.5. The lowest BCUT2D eigenvalue weighted by atomic mass is 10.1. The Balaban J connectivity index is 3.58. The second-order valence-corrected chi connectivity index (χ2v) is 3.29. The van der Waals surface area contributed by atoms with E-state index in [0.29, 0.717) is 6.42 Å². The molecular formula is C6H12Cl2O. The average Bonchev–Trinajstić information content (AvgIpc) is 1.84. The lowest BCUT2D eigenvalue weighted by Crippen LogP contribution is -2.26. The third kappa shape index (κ3) is 3.29. The minimum absolute atomic E-state index is 0.165. The Morgan fingerprint density at radius 1 is 1.44 bits per heavy atom. The summed E-state index contributed by atoms with van der Waals surface area (Å²) in [6.07, 6.45) is 0.185. The maximum Gasteiger partial charge on any atom is 0.0755 e. The minimum atomic E-state index is -0.473. The van der Waals surface area contributed by atoms with Gasteiger partial charge < -0.3 is 5.11 Å². The number of rotatable bonds is 3. The van der Waals surface area contributed by atoms with Crippen LogP contribution in [0.1, 0.15) is 20.3 Å². The molecule has 0 aromatic heterocycles. The molecule has 0 saturated carbocycles. The summed E-state index contributed by atoms with van der Waals surface area (Å²) < 4.78 is 0. The van der Waals surface area contributed by atoms with E-state index in [1.54, 1.807) is 6.92 Å². The standard InChI is InChI=1S/C6H12Cl2O/c1-3-5(9)6(8)4(2)7/h4-6,9H,3H2,1-2H3. The molecule has 9 heavy (non-hydrogen) atoms. The second kappa shape index (κ2) is 4.37. The molecule has 0 amide bonds. The van der Waals surface area contributed by atoms with Gasteiger partial charge in [-0.1, -0.05) is 6.92 Å². The molecule has 0 aromatic carbocycles. The fourth-order valence-electron chi connectivity index (χ4n) is 0.531. The summed E-state index contributed by atoms with van der Waals surface area (Å²) in [6.45, 7) is 3.65. The number of aliphatic hydroxyl groups excluding tert-OH is 1. The van der Waals surface area contributed by atoms with Crippen LogP contribution in [0.5, 0.6) is 0 Å². The van der Waals surface area contributed by atoms with Gasteiger partial charge in [0.2, 0.25) is 0 Å². The van der Waals surface area contributed by atoms with Crippen molar-refractivity contribution in [3.63, 3.8) is 0 Å². The normalized spacial score (nSPS) is 21.0. The van der Waals surface area contributed by atoms with Gasteiger partial charge in [0, 0.05) is 5.38 Å². The summed E-state index contributed by atoms with van der Waals surface area (Å²) >= 11 is 11.3. The highest BCUT2D eigenvalue weighted by molar-refractivity contribution is 6.30. The zero-order chi connectivity index (χ0) is 7.44. The molecular weight excluding hydrogens is 159 g/mol. The van der Waals surface area contributed by atoms with Gasteiger partial charge in [0.1, 0.15) is 0 Å². The third-order valence-corrected chi connectivity index (χ3v) is 2.29. The molecule has 1 nitrogen and oxygen atoms in total. The van der Waals surface area contributed by atoms with Crippen molar-refractivity contribution >= 4 is 23.2 Å². The van der Waals surface area contributed by atoms with E-state index >= 15 is 0 Å². The van der Waals surface area contributed by atoms with Crippen molar-refractivity contribution in [2.24, 2.45) is 0 Å². The monoisotopic (exact) mass is 170 g/mol. The fourth-order valence-corrected chi connectivity index (χ4v) is 0.877. The van der Waals surface area contributed by atoms with Crippen molar-refractivity contribution in [1.29, 1.82) is 0 Å². The molecule has 1 N–H and O–H groups in total. The predicted molar refractivity (Wildman–Crippen MR) is 41.3 cm³/mol. The molecule has 0 aliphatic rings. The lowest BCUT2D eigenvalue weighted by molar-refractivity contribution is 0.164. The summed E-state index contributed by atoms with van der Waals surface area (Å²) in [4.78, 5) is 0. The molecule has 0 saturated heterocycles. The molecule has 0 heterocycles. The van der Waals surface area contributed by atoms with E-state index in [1.165, 1.54) is 0 Å². The summed E-state index contributed by atoms with van der Waals surface area (Å²) in [5.41, 5.74) is 0. The minimum Gasteiger partial charge on any atom is -0.392 e. The van der Waals surface area contributed by atoms with Crippen LogP contribution in [0.15, 0.2) is 0 Å². The highest BCUT2D eigenvalue weighted by Crippen LogP contribution is 2.15. The van der Waals surface area contributed by atoms with Crippen LogP contribution in [0, 0.1) is 0 Å². The van der Waals surface area contributed by atoms with E-state index in [1.807, 2.05) is 6.92 Å². The quantitative estimate of drug-likeness (QED) is 0.643. The smallest absolute Gasteiger partial charge is 0.0755 e. The molecule has 3 atom stereocenters. The summed E-state index contributed by atoms with van der Waals surface area (Å²) in [5.74, 6) is 0. The number of hydrogen-bond acceptors (Lipinski definition) is 1. The van der Waals surface area contributed by atoms with Crippen LogP contribution in [0.25, 0.3) is 0 Å². The second-order valence-electron chi connectivity index (χ2n) is 2.10. The Kier molecular flexibility index (Phi) is 4.63. The van der Waals surface area contributed by atoms with Crippen LogP contribution in [0.3, 0.4) is 0 Å². The zero-order valence-electron chi connectivity index (χ0n) is 5.64. The Morgan fingerprint density at radius 2 is 1.89 bits per heavy atom. The molecule has 56 valence electrons. The molecule has 0 radical (unpaired) electrons. The van der Waals surface area contributed by atoms with E-state index < -0.39 is 6.10 Å². The fraction of sp³-hybridized carbons (Fsp3) is 1.00. The molecule has 0 aromatic rings. The summed E-state index contributed by atoms with van der Waals surface area (Å²) in [6, 6.07) is 0. The van der Waals surface area contributed by atoms with Crippen LogP contribution in [-0.2, 0) is 0 Å².